The van der Waals surface area contributed by atoms with Crippen LogP contribution in [0.3, 0.4) is 0 Å². The number of hydrogen-bond donors (Lipinski definition) is 1. The molecule has 1 saturated heterocycles. The summed E-state index contributed by atoms with van der Waals surface area (Å²) in [6, 6.07) is -0.406. The fourth-order valence-corrected chi connectivity index (χ4v) is 3.36. The minimum absolute atomic E-state index is 0.406. The first-order valence-corrected chi connectivity index (χ1v) is 7.11. The van der Waals surface area contributed by atoms with Crippen LogP contribution in [0, 0.1) is 5.92 Å². The summed E-state index contributed by atoms with van der Waals surface area (Å²) in [5.74, 6) is 0.899. The highest BCUT2D eigenvalue weighted by Crippen LogP contribution is 2.27. The summed E-state index contributed by atoms with van der Waals surface area (Å²) in [4.78, 5) is 18.3. The second-order valence-corrected chi connectivity index (χ2v) is 5.92. The number of rotatable bonds is 3. The van der Waals surface area contributed by atoms with Gasteiger partial charge in [-0.3, -0.25) is 0 Å². The van der Waals surface area contributed by atoms with Gasteiger partial charge in [-0.25, -0.2) is 9.78 Å². The maximum atomic E-state index is 11.3. The van der Waals surface area contributed by atoms with Crippen molar-refractivity contribution in [1.82, 2.24) is 14.5 Å². The Balaban J connectivity index is 1.76. The number of aryl methyl sites for hydroxylation is 1. The molecule has 2 aliphatic heterocycles. The average Bonchev–Trinajstić information content (AvgIpc) is 2.94. The molecule has 0 spiro atoms. The molecule has 2 aliphatic rings. The van der Waals surface area contributed by atoms with Gasteiger partial charge in [0.25, 0.3) is 0 Å². The summed E-state index contributed by atoms with van der Waals surface area (Å²) < 4.78 is 1.89. The zero-order valence-electron chi connectivity index (χ0n) is 11.4. The Morgan fingerprint density at radius 2 is 2.37 bits per heavy atom. The largest absolute Gasteiger partial charge is 0.480 e. The molecule has 0 amide bonds. The van der Waals surface area contributed by atoms with Crippen LogP contribution in [0.4, 0.5) is 0 Å². The van der Waals surface area contributed by atoms with Crippen LogP contribution < -0.4 is 0 Å². The molecule has 0 aromatic carbocycles. The van der Waals surface area contributed by atoms with E-state index in [1.165, 1.54) is 6.42 Å². The highest BCUT2D eigenvalue weighted by atomic mass is 16.4. The van der Waals surface area contributed by atoms with E-state index in [2.05, 4.69) is 16.9 Å². The molecule has 1 aromatic rings. The summed E-state index contributed by atoms with van der Waals surface area (Å²) >= 11 is 0. The maximum absolute atomic E-state index is 11.3. The Hall–Kier alpha value is -1.36. The van der Waals surface area contributed by atoms with Crippen molar-refractivity contribution < 1.29 is 9.90 Å². The molecule has 0 radical (unpaired) electrons. The van der Waals surface area contributed by atoms with Crippen molar-refractivity contribution in [3.63, 3.8) is 0 Å². The van der Waals surface area contributed by atoms with E-state index in [1.807, 2.05) is 10.8 Å². The summed E-state index contributed by atoms with van der Waals surface area (Å²) in [5.41, 5.74) is 1.07. The van der Waals surface area contributed by atoms with E-state index in [0.717, 1.165) is 50.3 Å². The molecule has 2 unspecified atom stereocenters. The van der Waals surface area contributed by atoms with Crippen LogP contribution in [0.5, 0.6) is 0 Å². The van der Waals surface area contributed by atoms with Gasteiger partial charge >= 0.3 is 5.97 Å². The van der Waals surface area contributed by atoms with Gasteiger partial charge < -0.3 is 14.6 Å². The number of nitrogens with zero attached hydrogens (tertiary/aromatic N) is 3. The van der Waals surface area contributed by atoms with Crippen molar-refractivity contribution >= 4 is 5.97 Å². The quantitative estimate of drug-likeness (QED) is 0.894. The lowest BCUT2D eigenvalue weighted by Gasteiger charge is -2.20. The predicted molar refractivity (Wildman–Crippen MR) is 71.1 cm³/mol. The van der Waals surface area contributed by atoms with Gasteiger partial charge in [0.1, 0.15) is 11.9 Å². The van der Waals surface area contributed by atoms with Gasteiger partial charge in [0.05, 0.1) is 5.69 Å². The summed E-state index contributed by atoms with van der Waals surface area (Å²) in [7, 11) is 2.15. The Labute approximate surface area is 113 Å². The van der Waals surface area contributed by atoms with Crippen molar-refractivity contribution in [3.05, 3.63) is 17.7 Å². The van der Waals surface area contributed by atoms with Crippen molar-refractivity contribution in [2.45, 2.75) is 38.1 Å². The lowest BCUT2D eigenvalue weighted by molar-refractivity contribution is -0.141. The van der Waals surface area contributed by atoms with Crippen molar-refractivity contribution in [1.29, 1.82) is 0 Å². The van der Waals surface area contributed by atoms with Crippen LogP contribution in [-0.2, 0) is 17.6 Å². The number of carboxylic acid groups (broad SMARTS) is 1. The second kappa shape index (κ2) is 4.96. The molecule has 1 N–H and O–H groups in total. The van der Waals surface area contributed by atoms with Crippen LogP contribution in [0.2, 0.25) is 0 Å². The summed E-state index contributed by atoms with van der Waals surface area (Å²) in [6.45, 7) is 2.29. The molecule has 104 valence electrons. The lowest BCUT2D eigenvalue weighted by Crippen LogP contribution is -2.24. The SMILES string of the molecule is CN1CCC(Cc2cn3c(n2)CCCC3C(=O)O)C1. The number of imidazole rings is 1. The third-order valence-corrected chi connectivity index (χ3v) is 4.34. The molecule has 1 fully saturated rings. The van der Waals surface area contributed by atoms with E-state index >= 15 is 0 Å². The molecule has 0 aliphatic carbocycles. The molecule has 19 heavy (non-hydrogen) atoms. The number of carboxylic acids is 1. The van der Waals surface area contributed by atoms with Crippen LogP contribution in [0.25, 0.3) is 0 Å². The number of hydrogen-bond acceptors (Lipinski definition) is 3. The first-order chi connectivity index (χ1) is 9.13. The normalized spacial score (nSPS) is 27.4. The summed E-state index contributed by atoms with van der Waals surface area (Å²) in [5, 5.41) is 9.26. The third kappa shape index (κ3) is 2.52. The van der Waals surface area contributed by atoms with Crippen LogP contribution >= 0.6 is 0 Å². The van der Waals surface area contributed by atoms with Gasteiger partial charge in [-0.1, -0.05) is 0 Å². The lowest BCUT2D eigenvalue weighted by atomic mass is 10.0. The zero-order valence-corrected chi connectivity index (χ0v) is 11.4. The number of aliphatic carboxylic acids is 1. The molecular weight excluding hydrogens is 242 g/mol. The van der Waals surface area contributed by atoms with E-state index in [4.69, 9.17) is 0 Å². The van der Waals surface area contributed by atoms with E-state index in [1.54, 1.807) is 0 Å². The molecule has 5 nitrogen and oxygen atoms in total. The van der Waals surface area contributed by atoms with Crippen molar-refractivity contribution in [3.8, 4) is 0 Å². The highest BCUT2D eigenvalue weighted by Gasteiger charge is 2.28. The molecular formula is C14H21N3O2. The van der Waals surface area contributed by atoms with Crippen LogP contribution in [0.15, 0.2) is 6.20 Å². The highest BCUT2D eigenvalue weighted by molar-refractivity contribution is 5.72. The van der Waals surface area contributed by atoms with Gasteiger partial charge in [-0.15, -0.1) is 0 Å². The fraction of sp³-hybridized carbons (Fsp3) is 0.714. The van der Waals surface area contributed by atoms with Gasteiger partial charge in [0.2, 0.25) is 0 Å². The maximum Gasteiger partial charge on any atom is 0.326 e. The first-order valence-electron chi connectivity index (χ1n) is 7.11. The monoisotopic (exact) mass is 263 g/mol. The second-order valence-electron chi connectivity index (χ2n) is 5.92. The smallest absolute Gasteiger partial charge is 0.326 e. The van der Waals surface area contributed by atoms with E-state index in [9.17, 15) is 9.90 Å². The molecule has 3 heterocycles. The van der Waals surface area contributed by atoms with Crippen molar-refractivity contribution in [2.24, 2.45) is 5.92 Å². The fourth-order valence-electron chi connectivity index (χ4n) is 3.36. The number of likely N-dealkylation sites (tertiary alicyclic amines) is 1. The average molecular weight is 263 g/mol. The van der Waals surface area contributed by atoms with Gasteiger partial charge in [-0.05, 0) is 45.2 Å². The Morgan fingerprint density at radius 3 is 3.05 bits per heavy atom. The van der Waals surface area contributed by atoms with Gasteiger partial charge in [-0.2, -0.15) is 0 Å². The minimum atomic E-state index is -0.731. The topological polar surface area (TPSA) is 58.4 Å². The minimum Gasteiger partial charge on any atom is -0.480 e. The zero-order chi connectivity index (χ0) is 13.4. The number of carbonyl (C=O) groups is 1. The molecule has 0 saturated carbocycles. The van der Waals surface area contributed by atoms with E-state index in [-0.39, 0.29) is 0 Å². The van der Waals surface area contributed by atoms with Crippen LogP contribution in [0.1, 0.15) is 36.8 Å². The van der Waals surface area contributed by atoms with E-state index in [0.29, 0.717) is 5.92 Å². The van der Waals surface area contributed by atoms with Gasteiger partial charge in [0.15, 0.2) is 0 Å². The molecule has 1 aromatic heterocycles. The van der Waals surface area contributed by atoms with E-state index < -0.39 is 12.0 Å². The Kier molecular flexibility index (Phi) is 3.31. The third-order valence-electron chi connectivity index (χ3n) is 4.34. The molecule has 2 atom stereocenters. The number of aromatic nitrogens is 2. The first kappa shape index (κ1) is 12.7. The van der Waals surface area contributed by atoms with Crippen molar-refractivity contribution in [2.75, 3.05) is 20.1 Å². The number of fused-ring (bicyclic) bond motifs is 1. The molecule has 3 rings (SSSR count). The summed E-state index contributed by atoms with van der Waals surface area (Å²) in [6.07, 6.45) is 6.75. The predicted octanol–water partition coefficient (Wildman–Crippen LogP) is 1.34. The molecule has 5 heteroatoms. The van der Waals surface area contributed by atoms with Crippen LogP contribution in [-0.4, -0.2) is 45.7 Å². The van der Waals surface area contributed by atoms with Gasteiger partial charge in [0, 0.05) is 19.2 Å². The Bertz CT molecular complexity index is 483. The standard InChI is InChI=1S/C14H21N3O2/c1-16-6-5-10(8-16)7-11-9-17-12(14(18)19)3-2-4-13(17)15-11/h9-10,12H,2-8H2,1H3,(H,18,19). The Morgan fingerprint density at radius 1 is 1.53 bits per heavy atom. The molecule has 0 bridgehead atoms.